The van der Waals surface area contributed by atoms with Crippen molar-refractivity contribution >= 4 is 27.5 Å². The molecule has 1 amide bonds. The normalized spacial score (nSPS) is 16.8. The van der Waals surface area contributed by atoms with E-state index in [2.05, 4.69) is 23.3 Å². The lowest BCUT2D eigenvalue weighted by atomic mass is 9.94. The maximum absolute atomic E-state index is 12.3. The molecule has 0 radical (unpaired) electrons. The van der Waals surface area contributed by atoms with Crippen LogP contribution in [0.15, 0.2) is 35.4 Å². The van der Waals surface area contributed by atoms with Crippen LogP contribution >= 0.6 is 11.3 Å². The molecule has 1 unspecified atom stereocenters. The Bertz CT molecular complexity index is 659. The lowest BCUT2D eigenvalue weighted by molar-refractivity contribution is 0.0944. The summed E-state index contributed by atoms with van der Waals surface area (Å²) in [6, 6.07) is 5.82. The van der Waals surface area contributed by atoms with E-state index in [1.165, 1.54) is 18.4 Å². The van der Waals surface area contributed by atoms with E-state index in [-0.39, 0.29) is 11.9 Å². The zero-order valence-electron chi connectivity index (χ0n) is 11.6. The SMILES string of the molecule is CC(NC(=O)c1ccc2scnc2c1)C1=CCCCC1. The molecule has 1 aliphatic rings. The largest absolute Gasteiger partial charge is 0.346 e. The summed E-state index contributed by atoms with van der Waals surface area (Å²) in [6.07, 6.45) is 7.02. The van der Waals surface area contributed by atoms with Crippen molar-refractivity contribution in [3.8, 4) is 0 Å². The molecule has 20 heavy (non-hydrogen) atoms. The van der Waals surface area contributed by atoms with Gasteiger partial charge in [0.2, 0.25) is 0 Å². The summed E-state index contributed by atoms with van der Waals surface area (Å²) < 4.78 is 1.12. The lowest BCUT2D eigenvalue weighted by Gasteiger charge is -2.20. The smallest absolute Gasteiger partial charge is 0.251 e. The van der Waals surface area contributed by atoms with Crippen molar-refractivity contribution < 1.29 is 4.79 Å². The second kappa shape index (κ2) is 5.75. The average Bonchev–Trinajstić information content (AvgIpc) is 2.95. The highest BCUT2D eigenvalue weighted by molar-refractivity contribution is 7.16. The molecule has 0 spiro atoms. The molecule has 3 nitrogen and oxygen atoms in total. The molecule has 0 saturated heterocycles. The van der Waals surface area contributed by atoms with E-state index >= 15 is 0 Å². The molecular formula is C16H18N2OS. The number of hydrogen-bond acceptors (Lipinski definition) is 3. The highest BCUT2D eigenvalue weighted by Gasteiger charge is 2.15. The minimum Gasteiger partial charge on any atom is -0.346 e. The highest BCUT2D eigenvalue weighted by Crippen LogP contribution is 2.21. The number of thiazole rings is 1. The van der Waals surface area contributed by atoms with Crippen molar-refractivity contribution in [3.05, 3.63) is 40.9 Å². The number of rotatable bonds is 3. The van der Waals surface area contributed by atoms with E-state index in [4.69, 9.17) is 0 Å². The first kappa shape index (κ1) is 13.3. The summed E-state index contributed by atoms with van der Waals surface area (Å²) in [4.78, 5) is 16.6. The monoisotopic (exact) mass is 286 g/mol. The predicted octanol–water partition coefficient (Wildman–Crippen LogP) is 3.92. The van der Waals surface area contributed by atoms with Gasteiger partial charge in [-0.15, -0.1) is 11.3 Å². The number of fused-ring (bicyclic) bond motifs is 1. The topological polar surface area (TPSA) is 42.0 Å². The second-order valence-electron chi connectivity index (χ2n) is 5.25. The van der Waals surface area contributed by atoms with Crippen LogP contribution < -0.4 is 5.32 Å². The predicted molar refractivity (Wildman–Crippen MR) is 83.1 cm³/mol. The Labute approximate surface area is 122 Å². The van der Waals surface area contributed by atoms with E-state index in [1.54, 1.807) is 11.3 Å². The van der Waals surface area contributed by atoms with E-state index in [0.717, 1.165) is 23.1 Å². The van der Waals surface area contributed by atoms with Crippen LogP contribution in [-0.2, 0) is 0 Å². The first-order valence-corrected chi connectivity index (χ1v) is 7.95. The number of nitrogens with one attached hydrogen (secondary N) is 1. The third kappa shape index (κ3) is 2.75. The van der Waals surface area contributed by atoms with E-state index in [1.807, 2.05) is 23.7 Å². The maximum Gasteiger partial charge on any atom is 0.251 e. The molecular weight excluding hydrogens is 268 g/mol. The van der Waals surface area contributed by atoms with Gasteiger partial charge in [0.15, 0.2) is 0 Å². The van der Waals surface area contributed by atoms with Crippen LogP contribution in [0.5, 0.6) is 0 Å². The van der Waals surface area contributed by atoms with Crippen LogP contribution in [0.2, 0.25) is 0 Å². The Morgan fingerprint density at radius 2 is 2.30 bits per heavy atom. The fraction of sp³-hybridized carbons (Fsp3) is 0.375. The van der Waals surface area contributed by atoms with Crippen molar-refractivity contribution in [2.45, 2.75) is 38.6 Å². The second-order valence-corrected chi connectivity index (χ2v) is 6.14. The van der Waals surface area contributed by atoms with E-state index in [9.17, 15) is 4.79 Å². The van der Waals surface area contributed by atoms with Gasteiger partial charge in [0.05, 0.1) is 15.7 Å². The Balaban J connectivity index is 1.73. The highest BCUT2D eigenvalue weighted by atomic mass is 32.1. The fourth-order valence-corrected chi connectivity index (χ4v) is 3.29. The third-order valence-corrected chi connectivity index (χ3v) is 4.63. The van der Waals surface area contributed by atoms with Crippen LogP contribution in [0.4, 0.5) is 0 Å². The summed E-state index contributed by atoms with van der Waals surface area (Å²) in [5, 5.41) is 3.09. The molecule has 0 saturated carbocycles. The van der Waals surface area contributed by atoms with Gasteiger partial charge in [-0.05, 0) is 50.8 Å². The van der Waals surface area contributed by atoms with Gasteiger partial charge in [0, 0.05) is 11.6 Å². The molecule has 0 bridgehead atoms. The molecule has 1 aromatic heterocycles. The quantitative estimate of drug-likeness (QED) is 0.869. The van der Waals surface area contributed by atoms with Crippen molar-refractivity contribution in [1.82, 2.24) is 10.3 Å². The summed E-state index contributed by atoms with van der Waals surface area (Å²) >= 11 is 1.59. The van der Waals surface area contributed by atoms with Gasteiger partial charge >= 0.3 is 0 Å². The van der Waals surface area contributed by atoms with Gasteiger partial charge < -0.3 is 5.32 Å². The summed E-state index contributed by atoms with van der Waals surface area (Å²) in [5.74, 6) is -0.0149. The van der Waals surface area contributed by atoms with Gasteiger partial charge in [0.1, 0.15) is 0 Å². The summed E-state index contributed by atoms with van der Waals surface area (Å²) in [6.45, 7) is 2.07. The molecule has 0 fully saturated rings. The fourth-order valence-electron chi connectivity index (χ4n) is 2.63. The summed E-state index contributed by atoms with van der Waals surface area (Å²) in [5.41, 5.74) is 4.75. The minimum atomic E-state index is -0.0149. The van der Waals surface area contributed by atoms with Gasteiger partial charge in [0.25, 0.3) is 5.91 Å². The number of aromatic nitrogens is 1. The Morgan fingerprint density at radius 3 is 3.10 bits per heavy atom. The molecule has 3 rings (SSSR count). The zero-order valence-corrected chi connectivity index (χ0v) is 12.4. The van der Waals surface area contributed by atoms with E-state index in [0.29, 0.717) is 5.56 Å². The molecule has 2 aromatic rings. The van der Waals surface area contributed by atoms with Gasteiger partial charge in [-0.1, -0.05) is 11.6 Å². The number of nitrogens with zero attached hydrogens (tertiary/aromatic N) is 1. The maximum atomic E-state index is 12.3. The molecule has 1 atom stereocenters. The van der Waals surface area contributed by atoms with Crippen molar-refractivity contribution in [1.29, 1.82) is 0 Å². The standard InChI is InChI=1S/C16H18N2OS/c1-11(12-5-3-2-4-6-12)18-16(19)13-7-8-15-14(9-13)17-10-20-15/h5,7-11H,2-4,6H2,1H3,(H,18,19). The number of allylic oxidation sites excluding steroid dienone is 1. The van der Waals surface area contributed by atoms with Crippen LogP contribution in [0.3, 0.4) is 0 Å². The Kier molecular flexibility index (Phi) is 3.83. The van der Waals surface area contributed by atoms with Crippen molar-refractivity contribution in [2.75, 3.05) is 0 Å². The number of amides is 1. The van der Waals surface area contributed by atoms with Gasteiger partial charge in [-0.25, -0.2) is 4.98 Å². The lowest BCUT2D eigenvalue weighted by Crippen LogP contribution is -2.34. The van der Waals surface area contributed by atoms with Crippen molar-refractivity contribution in [2.24, 2.45) is 0 Å². The molecule has 1 aromatic carbocycles. The minimum absolute atomic E-state index is 0.0149. The zero-order chi connectivity index (χ0) is 13.9. The third-order valence-electron chi connectivity index (χ3n) is 3.82. The number of carbonyl (C=O) groups excluding carboxylic acids is 1. The van der Waals surface area contributed by atoms with Crippen LogP contribution in [0, 0.1) is 0 Å². The Hall–Kier alpha value is -1.68. The van der Waals surface area contributed by atoms with Gasteiger partial charge in [-0.2, -0.15) is 0 Å². The van der Waals surface area contributed by atoms with Crippen LogP contribution in [0.1, 0.15) is 43.0 Å². The molecule has 1 aliphatic carbocycles. The molecule has 0 aliphatic heterocycles. The van der Waals surface area contributed by atoms with Crippen molar-refractivity contribution in [3.63, 3.8) is 0 Å². The number of hydrogen-bond donors (Lipinski definition) is 1. The Morgan fingerprint density at radius 1 is 1.40 bits per heavy atom. The number of carbonyl (C=O) groups is 1. The molecule has 1 heterocycles. The first-order chi connectivity index (χ1) is 9.74. The van der Waals surface area contributed by atoms with E-state index < -0.39 is 0 Å². The van der Waals surface area contributed by atoms with Gasteiger partial charge in [-0.3, -0.25) is 4.79 Å². The van der Waals surface area contributed by atoms with Crippen LogP contribution in [0.25, 0.3) is 10.2 Å². The summed E-state index contributed by atoms with van der Waals surface area (Å²) in [7, 11) is 0. The average molecular weight is 286 g/mol. The first-order valence-electron chi connectivity index (χ1n) is 7.07. The number of benzene rings is 1. The molecule has 1 N–H and O–H groups in total. The van der Waals surface area contributed by atoms with Crippen LogP contribution in [-0.4, -0.2) is 16.9 Å². The molecule has 104 valence electrons. The molecule has 4 heteroatoms.